The number of hydrogen-bond donors (Lipinski definition) is 1. The second-order valence-electron chi connectivity index (χ2n) is 2.21. The van der Waals surface area contributed by atoms with Gasteiger partial charge in [0.15, 0.2) is 5.76 Å². The lowest BCUT2D eigenvalue weighted by atomic mass is 10.2. The van der Waals surface area contributed by atoms with Crippen LogP contribution >= 0.6 is 0 Å². The lowest BCUT2D eigenvalue weighted by molar-refractivity contribution is -0.368. The highest BCUT2D eigenvalue weighted by atomic mass is 16.3. The average Bonchev–Trinajstić information content (AvgIpc) is 2.33. The van der Waals surface area contributed by atoms with E-state index in [1.165, 1.54) is 6.42 Å². The van der Waals surface area contributed by atoms with Gasteiger partial charge in [0.1, 0.15) is 0 Å². The van der Waals surface area contributed by atoms with Gasteiger partial charge in [0.05, 0.1) is 6.54 Å². The number of aromatic nitrogens is 1. The monoisotopic (exact) mass is 125 g/mol. The fraction of sp³-hybridized carbons (Fsp3) is 0.500. The Morgan fingerprint density at radius 1 is 1.67 bits per heavy atom. The first-order valence-corrected chi connectivity index (χ1v) is 3.19. The number of aryl methyl sites for hydroxylation is 1. The molecular formula is C6H9N2O+. The largest absolute Gasteiger partial charge is 0.424 e. The molecule has 3 nitrogen and oxygen atoms in total. The molecule has 1 aliphatic heterocycles. The smallest absolute Gasteiger partial charge is 0.314 e. The summed E-state index contributed by atoms with van der Waals surface area (Å²) in [5, 5.41) is 3.19. The zero-order chi connectivity index (χ0) is 6.10. The number of oxazole rings is 1. The lowest BCUT2D eigenvalue weighted by Gasteiger charge is -2.02. The van der Waals surface area contributed by atoms with Crippen molar-refractivity contribution in [2.45, 2.75) is 12.8 Å². The minimum atomic E-state index is 1.06. The molecule has 0 atom stereocenters. The zero-order valence-electron chi connectivity index (χ0n) is 5.11. The van der Waals surface area contributed by atoms with E-state index in [9.17, 15) is 0 Å². The molecule has 0 aromatic carbocycles. The van der Waals surface area contributed by atoms with Gasteiger partial charge in [-0.15, -0.1) is 0 Å². The molecule has 0 bridgehead atoms. The molecule has 3 heteroatoms. The minimum absolute atomic E-state index is 1.06. The van der Waals surface area contributed by atoms with Gasteiger partial charge >= 0.3 is 5.82 Å². The van der Waals surface area contributed by atoms with Gasteiger partial charge in [0, 0.05) is 6.42 Å². The Bertz CT molecular complexity index is 186. The Hall–Kier alpha value is -0.990. The van der Waals surface area contributed by atoms with Crippen LogP contribution in [0, 0.1) is 0 Å². The number of aromatic amines is 1. The highest BCUT2D eigenvalue weighted by molar-refractivity contribution is 5.34. The molecule has 48 valence electrons. The molecule has 0 saturated carbocycles. The standard InChI is InChI=1S/C6H8N2O/c1-2-5-6(7-3-1)8-4-9-5/h4,7H,1-3H2/p+1. The normalized spacial score (nSPS) is 16.4. The third-order valence-corrected chi connectivity index (χ3v) is 1.57. The minimum Gasteiger partial charge on any atom is -0.424 e. The molecule has 9 heavy (non-hydrogen) atoms. The highest BCUT2D eigenvalue weighted by Gasteiger charge is 2.17. The van der Waals surface area contributed by atoms with Crippen LogP contribution in [0.5, 0.6) is 0 Å². The van der Waals surface area contributed by atoms with Crippen LogP contribution in [0.1, 0.15) is 12.2 Å². The number of nitrogens with one attached hydrogen (secondary N) is 2. The van der Waals surface area contributed by atoms with Crippen LogP contribution in [0.2, 0.25) is 0 Å². The molecule has 0 unspecified atom stereocenters. The van der Waals surface area contributed by atoms with Crippen molar-refractivity contribution in [1.82, 2.24) is 0 Å². The fourth-order valence-electron chi connectivity index (χ4n) is 1.09. The van der Waals surface area contributed by atoms with E-state index in [0.717, 1.165) is 24.5 Å². The van der Waals surface area contributed by atoms with E-state index in [2.05, 4.69) is 10.3 Å². The number of H-pyrrole nitrogens is 1. The Labute approximate surface area is 53.1 Å². The van der Waals surface area contributed by atoms with Gasteiger partial charge in [-0.05, 0) is 6.42 Å². The molecule has 1 aliphatic rings. The fourth-order valence-corrected chi connectivity index (χ4v) is 1.09. The Morgan fingerprint density at radius 2 is 2.67 bits per heavy atom. The molecule has 0 aliphatic carbocycles. The second kappa shape index (κ2) is 1.76. The van der Waals surface area contributed by atoms with E-state index in [4.69, 9.17) is 4.42 Å². The summed E-state index contributed by atoms with van der Waals surface area (Å²) in [6.07, 6.45) is 3.85. The first-order chi connectivity index (χ1) is 4.47. The molecule has 0 radical (unpaired) electrons. The summed E-state index contributed by atoms with van der Waals surface area (Å²) in [4.78, 5) is 2.98. The molecule has 0 spiro atoms. The summed E-state index contributed by atoms with van der Waals surface area (Å²) in [5.74, 6) is 2.11. The zero-order valence-corrected chi connectivity index (χ0v) is 5.11. The SMILES string of the molecule is c1[nH+]c2c(o1)CCCN2. The summed E-state index contributed by atoms with van der Waals surface area (Å²) in [5.41, 5.74) is 0. The number of hydrogen-bond acceptors (Lipinski definition) is 2. The first kappa shape index (κ1) is 4.85. The third kappa shape index (κ3) is 0.686. The van der Waals surface area contributed by atoms with Crippen molar-refractivity contribution in [2.75, 3.05) is 11.9 Å². The molecule has 0 fully saturated rings. The molecule has 2 N–H and O–H groups in total. The molecule has 2 heterocycles. The van der Waals surface area contributed by atoms with Crippen LogP contribution in [-0.4, -0.2) is 6.54 Å². The summed E-state index contributed by atoms with van der Waals surface area (Å²) in [6, 6.07) is 0. The van der Waals surface area contributed by atoms with E-state index in [-0.39, 0.29) is 0 Å². The van der Waals surface area contributed by atoms with Gasteiger partial charge in [-0.3, -0.25) is 5.32 Å². The molecule has 0 amide bonds. The van der Waals surface area contributed by atoms with Gasteiger partial charge in [0.2, 0.25) is 6.39 Å². The first-order valence-electron chi connectivity index (χ1n) is 3.19. The Balaban J connectivity index is 2.39. The van der Waals surface area contributed by atoms with Gasteiger partial charge in [-0.2, -0.15) is 0 Å². The van der Waals surface area contributed by atoms with E-state index in [0.29, 0.717) is 0 Å². The van der Waals surface area contributed by atoms with Crippen molar-refractivity contribution < 1.29 is 9.40 Å². The van der Waals surface area contributed by atoms with E-state index in [1.54, 1.807) is 6.39 Å². The summed E-state index contributed by atoms with van der Waals surface area (Å²) < 4.78 is 5.14. The maximum atomic E-state index is 5.14. The predicted molar refractivity (Wildman–Crippen MR) is 32.1 cm³/mol. The van der Waals surface area contributed by atoms with Crippen LogP contribution in [-0.2, 0) is 6.42 Å². The van der Waals surface area contributed by atoms with Crippen LogP contribution in [0.25, 0.3) is 0 Å². The van der Waals surface area contributed by atoms with Crippen molar-refractivity contribution in [3.05, 3.63) is 12.2 Å². The maximum Gasteiger partial charge on any atom is 0.314 e. The van der Waals surface area contributed by atoms with Gasteiger partial charge in [0.25, 0.3) is 0 Å². The van der Waals surface area contributed by atoms with E-state index in [1.807, 2.05) is 0 Å². The quantitative estimate of drug-likeness (QED) is 0.546. The van der Waals surface area contributed by atoms with Crippen LogP contribution < -0.4 is 10.3 Å². The van der Waals surface area contributed by atoms with Crippen molar-refractivity contribution in [2.24, 2.45) is 0 Å². The van der Waals surface area contributed by atoms with Gasteiger partial charge < -0.3 is 4.42 Å². The summed E-state index contributed by atoms with van der Waals surface area (Å²) >= 11 is 0. The second-order valence-corrected chi connectivity index (χ2v) is 2.21. The van der Waals surface area contributed by atoms with Crippen molar-refractivity contribution in [3.63, 3.8) is 0 Å². The molecule has 2 rings (SSSR count). The third-order valence-electron chi connectivity index (χ3n) is 1.57. The molecule has 0 saturated heterocycles. The molecular weight excluding hydrogens is 116 g/mol. The number of rotatable bonds is 0. The Morgan fingerprint density at radius 3 is 3.56 bits per heavy atom. The molecule has 1 aromatic heterocycles. The Kier molecular flexibility index (Phi) is 0.946. The predicted octanol–water partition coefficient (Wildman–Crippen LogP) is 0.452. The number of fused-ring (bicyclic) bond motifs is 1. The van der Waals surface area contributed by atoms with Crippen molar-refractivity contribution in [3.8, 4) is 0 Å². The number of anilines is 1. The van der Waals surface area contributed by atoms with Gasteiger partial charge in [-0.1, -0.05) is 0 Å². The van der Waals surface area contributed by atoms with Gasteiger partial charge in [-0.25, -0.2) is 4.98 Å². The van der Waals surface area contributed by atoms with Crippen molar-refractivity contribution >= 4 is 5.82 Å². The maximum absolute atomic E-state index is 5.14. The van der Waals surface area contributed by atoms with Crippen LogP contribution in [0.3, 0.4) is 0 Å². The summed E-state index contributed by atoms with van der Waals surface area (Å²) in [6.45, 7) is 1.06. The average molecular weight is 125 g/mol. The van der Waals surface area contributed by atoms with E-state index < -0.39 is 0 Å². The van der Waals surface area contributed by atoms with Crippen LogP contribution in [0.15, 0.2) is 10.8 Å². The molecule has 1 aromatic rings. The van der Waals surface area contributed by atoms with E-state index >= 15 is 0 Å². The van der Waals surface area contributed by atoms with Crippen molar-refractivity contribution in [1.29, 1.82) is 0 Å². The van der Waals surface area contributed by atoms with Crippen LogP contribution in [0.4, 0.5) is 5.82 Å². The summed E-state index contributed by atoms with van der Waals surface area (Å²) in [7, 11) is 0. The highest BCUT2D eigenvalue weighted by Crippen LogP contribution is 2.15. The topological polar surface area (TPSA) is 39.3 Å². The lowest BCUT2D eigenvalue weighted by Crippen LogP contribution is -2.16.